The van der Waals surface area contributed by atoms with Crippen LogP contribution in [0.15, 0.2) is 49.2 Å². The van der Waals surface area contributed by atoms with Gasteiger partial charge in [0.25, 0.3) is 0 Å². The predicted octanol–water partition coefficient (Wildman–Crippen LogP) is 3.10. The number of halogens is 1. The van der Waals surface area contributed by atoms with Gasteiger partial charge in [0.1, 0.15) is 11.5 Å². The fourth-order valence-electron chi connectivity index (χ4n) is 2.80. The Morgan fingerprint density at radius 2 is 1.96 bits per heavy atom. The van der Waals surface area contributed by atoms with Gasteiger partial charge in [0.05, 0.1) is 13.3 Å². The molecule has 8 heteroatoms. The number of aromatic nitrogens is 5. The molecule has 0 aliphatic carbocycles. The van der Waals surface area contributed by atoms with Crippen molar-refractivity contribution < 1.29 is 9.13 Å². The van der Waals surface area contributed by atoms with Crippen molar-refractivity contribution in [2.45, 2.75) is 13.0 Å². The Morgan fingerprint density at radius 3 is 2.78 bits per heavy atom. The van der Waals surface area contributed by atoms with Gasteiger partial charge >= 0.3 is 0 Å². The Kier molecular flexibility index (Phi) is 4.61. The second-order valence-electron chi connectivity index (χ2n) is 5.98. The Morgan fingerprint density at radius 1 is 1.11 bits per heavy atom. The lowest BCUT2D eigenvalue weighted by molar-refractivity contribution is 0.395. The summed E-state index contributed by atoms with van der Waals surface area (Å²) in [6, 6.07) is 5.49. The molecule has 4 rings (SSSR count). The summed E-state index contributed by atoms with van der Waals surface area (Å²) in [5, 5.41) is 4.09. The number of hydrogen-bond donors (Lipinski definition) is 2. The molecule has 0 amide bonds. The van der Waals surface area contributed by atoms with E-state index in [1.54, 1.807) is 24.7 Å². The van der Waals surface area contributed by atoms with Gasteiger partial charge in [0.15, 0.2) is 0 Å². The first-order valence-electron chi connectivity index (χ1n) is 8.37. The summed E-state index contributed by atoms with van der Waals surface area (Å²) >= 11 is 0. The number of methoxy groups -OCH3 is 1. The minimum absolute atomic E-state index is 0.234. The number of ether oxygens (including phenoxy) is 1. The number of nitrogens with zero attached hydrogens (tertiary/aromatic N) is 4. The lowest BCUT2D eigenvalue weighted by Crippen LogP contribution is -2.06. The smallest absolute Gasteiger partial charge is 0.222 e. The van der Waals surface area contributed by atoms with Crippen molar-refractivity contribution in [2.75, 3.05) is 12.4 Å². The number of H-pyrrole nitrogens is 1. The van der Waals surface area contributed by atoms with E-state index in [-0.39, 0.29) is 6.54 Å². The third-order valence-corrected chi connectivity index (χ3v) is 4.19. The summed E-state index contributed by atoms with van der Waals surface area (Å²) < 4.78 is 18.8. The van der Waals surface area contributed by atoms with E-state index in [0.717, 1.165) is 28.4 Å². The monoisotopic (exact) mass is 364 g/mol. The third-order valence-electron chi connectivity index (χ3n) is 4.19. The SMILES string of the molecule is COc1cc(CNc2ncc(Cc3c[nH]c4ncccc34)cn2)c(F)cn1. The topological polar surface area (TPSA) is 88.6 Å². The van der Waals surface area contributed by atoms with E-state index in [1.807, 2.05) is 18.3 Å². The molecular formula is C19H17FN6O. The van der Waals surface area contributed by atoms with Gasteiger partial charge in [0, 0.05) is 54.8 Å². The van der Waals surface area contributed by atoms with E-state index < -0.39 is 5.82 Å². The Balaban J connectivity index is 1.43. The van der Waals surface area contributed by atoms with Gasteiger partial charge in [-0.25, -0.2) is 24.3 Å². The molecule has 7 nitrogen and oxygen atoms in total. The van der Waals surface area contributed by atoms with Crippen molar-refractivity contribution in [1.29, 1.82) is 0 Å². The van der Waals surface area contributed by atoms with Crippen LogP contribution >= 0.6 is 0 Å². The number of pyridine rings is 2. The quantitative estimate of drug-likeness (QED) is 0.547. The summed E-state index contributed by atoms with van der Waals surface area (Å²) in [7, 11) is 1.49. The minimum Gasteiger partial charge on any atom is -0.481 e. The first kappa shape index (κ1) is 16.9. The highest BCUT2D eigenvalue weighted by atomic mass is 19.1. The van der Waals surface area contributed by atoms with Crippen LogP contribution in [0, 0.1) is 5.82 Å². The van der Waals surface area contributed by atoms with Gasteiger partial charge in [-0.3, -0.25) is 0 Å². The van der Waals surface area contributed by atoms with E-state index in [0.29, 0.717) is 23.8 Å². The number of anilines is 1. The molecule has 4 aromatic rings. The molecule has 0 radical (unpaired) electrons. The molecule has 0 saturated carbocycles. The van der Waals surface area contributed by atoms with Crippen LogP contribution in [-0.2, 0) is 13.0 Å². The molecule has 0 spiro atoms. The van der Waals surface area contributed by atoms with Gasteiger partial charge in [-0.2, -0.15) is 0 Å². The zero-order valence-corrected chi connectivity index (χ0v) is 14.6. The summed E-state index contributed by atoms with van der Waals surface area (Å²) in [6.45, 7) is 0.234. The lowest BCUT2D eigenvalue weighted by atomic mass is 10.1. The number of nitrogens with one attached hydrogen (secondary N) is 2. The molecule has 0 saturated heterocycles. The van der Waals surface area contributed by atoms with Gasteiger partial charge < -0.3 is 15.0 Å². The van der Waals surface area contributed by atoms with Crippen LogP contribution in [-0.4, -0.2) is 32.0 Å². The molecule has 2 N–H and O–H groups in total. The largest absolute Gasteiger partial charge is 0.481 e. The fourth-order valence-corrected chi connectivity index (χ4v) is 2.80. The molecule has 4 heterocycles. The minimum atomic E-state index is -0.409. The second kappa shape index (κ2) is 7.36. The van der Waals surface area contributed by atoms with Crippen molar-refractivity contribution in [3.63, 3.8) is 0 Å². The van der Waals surface area contributed by atoms with E-state index in [1.165, 1.54) is 7.11 Å². The normalized spacial score (nSPS) is 10.9. The molecule has 0 bridgehead atoms. The molecule has 0 atom stereocenters. The van der Waals surface area contributed by atoms with E-state index in [2.05, 4.69) is 30.2 Å². The van der Waals surface area contributed by atoms with Crippen LogP contribution in [0.25, 0.3) is 11.0 Å². The van der Waals surface area contributed by atoms with Crippen LogP contribution in [0.4, 0.5) is 10.3 Å². The van der Waals surface area contributed by atoms with Gasteiger partial charge in [-0.15, -0.1) is 0 Å². The molecule has 0 aromatic carbocycles. The number of fused-ring (bicyclic) bond motifs is 1. The molecule has 0 fully saturated rings. The lowest BCUT2D eigenvalue weighted by Gasteiger charge is -2.08. The Bertz CT molecular complexity index is 1060. The average Bonchev–Trinajstić information content (AvgIpc) is 3.11. The highest BCUT2D eigenvalue weighted by Crippen LogP contribution is 2.19. The maximum absolute atomic E-state index is 13.8. The highest BCUT2D eigenvalue weighted by molar-refractivity contribution is 5.79. The van der Waals surface area contributed by atoms with Crippen molar-refractivity contribution in [3.8, 4) is 5.88 Å². The average molecular weight is 364 g/mol. The molecule has 27 heavy (non-hydrogen) atoms. The van der Waals surface area contributed by atoms with Crippen molar-refractivity contribution in [2.24, 2.45) is 0 Å². The Labute approximate surface area is 154 Å². The molecule has 4 aromatic heterocycles. The molecule has 0 unspecified atom stereocenters. The van der Waals surface area contributed by atoms with E-state index >= 15 is 0 Å². The molecule has 0 aliphatic rings. The van der Waals surface area contributed by atoms with Crippen LogP contribution in [0.1, 0.15) is 16.7 Å². The first-order chi connectivity index (χ1) is 13.2. The zero-order valence-electron chi connectivity index (χ0n) is 14.6. The number of rotatable bonds is 6. The summed E-state index contributed by atoms with van der Waals surface area (Å²) in [5.74, 6) is 0.375. The van der Waals surface area contributed by atoms with Gasteiger partial charge in [-0.05, 0) is 23.3 Å². The molecular weight excluding hydrogens is 347 g/mol. The fraction of sp³-hybridized carbons (Fsp3) is 0.158. The van der Waals surface area contributed by atoms with Gasteiger partial charge in [0.2, 0.25) is 11.8 Å². The van der Waals surface area contributed by atoms with Crippen LogP contribution < -0.4 is 10.1 Å². The van der Waals surface area contributed by atoms with Crippen molar-refractivity contribution >= 4 is 17.0 Å². The van der Waals surface area contributed by atoms with E-state index in [9.17, 15) is 4.39 Å². The summed E-state index contributed by atoms with van der Waals surface area (Å²) in [4.78, 5) is 19.9. The third kappa shape index (κ3) is 3.69. The number of hydrogen-bond acceptors (Lipinski definition) is 6. The van der Waals surface area contributed by atoms with Crippen LogP contribution in [0.3, 0.4) is 0 Å². The molecule has 136 valence electrons. The Hall–Kier alpha value is -3.55. The zero-order chi connectivity index (χ0) is 18.6. The standard InChI is InChI=1S/C19H17FN6O/c1-27-17-6-14(16(20)11-22-17)10-26-19-24-7-12(8-25-19)5-13-9-23-18-15(13)3-2-4-21-18/h2-4,6-9,11H,5,10H2,1H3,(H,21,23)(H,24,25,26). The second-order valence-corrected chi connectivity index (χ2v) is 5.98. The van der Waals surface area contributed by atoms with E-state index in [4.69, 9.17) is 4.74 Å². The maximum Gasteiger partial charge on any atom is 0.222 e. The van der Waals surface area contributed by atoms with Crippen LogP contribution in [0.2, 0.25) is 0 Å². The van der Waals surface area contributed by atoms with Crippen LogP contribution in [0.5, 0.6) is 5.88 Å². The highest BCUT2D eigenvalue weighted by Gasteiger charge is 2.08. The van der Waals surface area contributed by atoms with Gasteiger partial charge in [-0.1, -0.05) is 0 Å². The number of aromatic amines is 1. The van der Waals surface area contributed by atoms with Crippen molar-refractivity contribution in [3.05, 3.63) is 71.7 Å². The summed E-state index contributed by atoms with van der Waals surface area (Å²) in [6.07, 6.45) is 9.05. The molecule has 0 aliphatic heterocycles. The van der Waals surface area contributed by atoms with Crippen molar-refractivity contribution in [1.82, 2.24) is 24.9 Å². The maximum atomic E-state index is 13.8. The summed E-state index contributed by atoms with van der Waals surface area (Å²) in [5.41, 5.74) is 3.40. The first-order valence-corrected chi connectivity index (χ1v) is 8.37. The predicted molar refractivity (Wildman–Crippen MR) is 99.0 cm³/mol.